The molecule has 24 heavy (non-hydrogen) atoms. The van der Waals surface area contributed by atoms with E-state index in [-0.39, 0.29) is 29.9 Å². The summed E-state index contributed by atoms with van der Waals surface area (Å²) in [6, 6.07) is 10.3. The fourth-order valence-corrected chi connectivity index (χ4v) is 2.00. The fourth-order valence-electron chi connectivity index (χ4n) is 2.00. The fraction of sp³-hybridized carbons (Fsp3) is 0.556. The van der Waals surface area contributed by atoms with E-state index in [2.05, 4.69) is 36.4 Å². The third-order valence-electron chi connectivity index (χ3n) is 3.91. The SMILES string of the molecule is CN=C(NCCC(=O)N(C)Cc1ccccc1)NC(C)C(C)C.I. The number of hydrogen-bond donors (Lipinski definition) is 2. The first-order chi connectivity index (χ1) is 10.9. The van der Waals surface area contributed by atoms with Crippen molar-refractivity contribution in [3.63, 3.8) is 0 Å². The van der Waals surface area contributed by atoms with Gasteiger partial charge in [0.25, 0.3) is 0 Å². The molecule has 0 saturated carbocycles. The van der Waals surface area contributed by atoms with E-state index in [1.165, 1.54) is 0 Å². The molecule has 1 amide bonds. The molecule has 0 bridgehead atoms. The lowest BCUT2D eigenvalue weighted by atomic mass is 10.1. The standard InChI is InChI=1S/C18H30N4O.HI/c1-14(2)15(3)21-18(19-4)20-12-11-17(23)22(5)13-16-9-7-6-8-10-16;/h6-10,14-15H,11-13H2,1-5H3,(H2,19,20,21);1H. The maximum atomic E-state index is 12.2. The molecule has 0 radical (unpaired) electrons. The van der Waals surface area contributed by atoms with Gasteiger partial charge in [-0.25, -0.2) is 0 Å². The van der Waals surface area contributed by atoms with Crippen molar-refractivity contribution in [3.05, 3.63) is 35.9 Å². The smallest absolute Gasteiger partial charge is 0.224 e. The van der Waals surface area contributed by atoms with Crippen LogP contribution in [0.3, 0.4) is 0 Å². The number of guanidine groups is 1. The average molecular weight is 446 g/mol. The van der Waals surface area contributed by atoms with Crippen LogP contribution in [0.4, 0.5) is 0 Å². The number of nitrogens with zero attached hydrogens (tertiary/aromatic N) is 2. The van der Waals surface area contributed by atoms with Crippen LogP contribution in [0.5, 0.6) is 0 Å². The maximum Gasteiger partial charge on any atom is 0.224 e. The molecule has 5 nitrogen and oxygen atoms in total. The zero-order chi connectivity index (χ0) is 17.2. The Labute approximate surface area is 163 Å². The Morgan fingerprint density at radius 3 is 2.38 bits per heavy atom. The normalized spacial score (nSPS) is 12.3. The van der Waals surface area contributed by atoms with E-state index in [1.54, 1.807) is 11.9 Å². The van der Waals surface area contributed by atoms with Gasteiger partial charge < -0.3 is 15.5 Å². The Kier molecular flexibility index (Phi) is 11.4. The highest BCUT2D eigenvalue weighted by atomic mass is 127. The molecule has 1 rings (SSSR count). The molecule has 1 unspecified atom stereocenters. The first-order valence-electron chi connectivity index (χ1n) is 8.19. The Balaban J connectivity index is 0.00000529. The van der Waals surface area contributed by atoms with E-state index >= 15 is 0 Å². The number of carbonyl (C=O) groups is 1. The van der Waals surface area contributed by atoms with Crippen molar-refractivity contribution in [1.82, 2.24) is 15.5 Å². The van der Waals surface area contributed by atoms with E-state index in [9.17, 15) is 4.79 Å². The molecule has 0 aliphatic heterocycles. The third-order valence-corrected chi connectivity index (χ3v) is 3.91. The first kappa shape index (κ1) is 22.7. The number of aliphatic imine (C=N–C) groups is 1. The Morgan fingerprint density at radius 1 is 1.21 bits per heavy atom. The van der Waals surface area contributed by atoms with Gasteiger partial charge in [0, 0.05) is 39.6 Å². The van der Waals surface area contributed by atoms with Gasteiger partial charge in [0.2, 0.25) is 5.91 Å². The summed E-state index contributed by atoms with van der Waals surface area (Å²) in [7, 11) is 3.58. The molecule has 0 aromatic heterocycles. The van der Waals surface area contributed by atoms with Crippen molar-refractivity contribution in [2.24, 2.45) is 10.9 Å². The molecule has 2 N–H and O–H groups in total. The number of halogens is 1. The molecule has 0 saturated heterocycles. The van der Waals surface area contributed by atoms with E-state index in [1.807, 2.05) is 37.4 Å². The van der Waals surface area contributed by atoms with Crippen molar-refractivity contribution >= 4 is 35.8 Å². The van der Waals surface area contributed by atoms with Crippen molar-refractivity contribution in [3.8, 4) is 0 Å². The van der Waals surface area contributed by atoms with Crippen molar-refractivity contribution in [1.29, 1.82) is 0 Å². The van der Waals surface area contributed by atoms with Gasteiger partial charge in [-0.15, -0.1) is 24.0 Å². The van der Waals surface area contributed by atoms with Crippen LogP contribution in [-0.2, 0) is 11.3 Å². The number of hydrogen-bond acceptors (Lipinski definition) is 2. The lowest BCUT2D eigenvalue weighted by Gasteiger charge is -2.21. The van der Waals surface area contributed by atoms with E-state index in [0.29, 0.717) is 31.5 Å². The van der Waals surface area contributed by atoms with E-state index in [0.717, 1.165) is 11.5 Å². The Morgan fingerprint density at radius 2 is 1.83 bits per heavy atom. The van der Waals surface area contributed by atoms with Crippen molar-refractivity contribution in [2.45, 2.75) is 39.8 Å². The predicted molar refractivity (Wildman–Crippen MR) is 112 cm³/mol. The number of nitrogens with one attached hydrogen (secondary N) is 2. The molecule has 0 fully saturated rings. The highest BCUT2D eigenvalue weighted by molar-refractivity contribution is 14.0. The van der Waals surface area contributed by atoms with Gasteiger partial charge in [-0.1, -0.05) is 44.2 Å². The Hall–Kier alpha value is -1.31. The largest absolute Gasteiger partial charge is 0.356 e. The van der Waals surface area contributed by atoms with Gasteiger partial charge in [0.05, 0.1) is 0 Å². The van der Waals surface area contributed by atoms with Gasteiger partial charge in [0.15, 0.2) is 5.96 Å². The molecule has 1 aromatic carbocycles. The molecule has 136 valence electrons. The van der Waals surface area contributed by atoms with Gasteiger partial charge in [-0.2, -0.15) is 0 Å². The van der Waals surface area contributed by atoms with Crippen LogP contribution >= 0.6 is 24.0 Å². The maximum absolute atomic E-state index is 12.2. The summed E-state index contributed by atoms with van der Waals surface area (Å²) in [5, 5.41) is 6.52. The van der Waals surface area contributed by atoms with Gasteiger partial charge >= 0.3 is 0 Å². The molecule has 0 spiro atoms. The second-order valence-electron chi connectivity index (χ2n) is 6.16. The van der Waals surface area contributed by atoms with Crippen LogP contribution in [0, 0.1) is 5.92 Å². The third kappa shape index (κ3) is 8.52. The monoisotopic (exact) mass is 446 g/mol. The molecule has 1 atom stereocenters. The quantitative estimate of drug-likeness (QED) is 0.385. The minimum absolute atomic E-state index is 0. The van der Waals surface area contributed by atoms with E-state index < -0.39 is 0 Å². The molecular weight excluding hydrogens is 415 g/mol. The summed E-state index contributed by atoms with van der Waals surface area (Å²) in [4.78, 5) is 18.1. The number of benzene rings is 1. The Bertz CT molecular complexity index is 505. The van der Waals surface area contributed by atoms with Crippen molar-refractivity contribution < 1.29 is 4.79 Å². The molecule has 6 heteroatoms. The van der Waals surface area contributed by atoms with Crippen LogP contribution in [0.1, 0.15) is 32.8 Å². The topological polar surface area (TPSA) is 56.7 Å². The van der Waals surface area contributed by atoms with Crippen LogP contribution in [0.15, 0.2) is 35.3 Å². The van der Waals surface area contributed by atoms with E-state index in [4.69, 9.17) is 0 Å². The van der Waals surface area contributed by atoms with Crippen LogP contribution in [-0.4, -0.2) is 43.4 Å². The average Bonchev–Trinajstić information content (AvgIpc) is 2.54. The van der Waals surface area contributed by atoms with Crippen molar-refractivity contribution in [2.75, 3.05) is 20.6 Å². The summed E-state index contributed by atoms with van der Waals surface area (Å²) in [5.74, 6) is 1.38. The highest BCUT2D eigenvalue weighted by Crippen LogP contribution is 2.03. The van der Waals surface area contributed by atoms with Gasteiger partial charge in [0.1, 0.15) is 0 Å². The van der Waals surface area contributed by atoms with Crippen LogP contribution < -0.4 is 10.6 Å². The molecule has 0 heterocycles. The van der Waals surface area contributed by atoms with Crippen LogP contribution in [0.2, 0.25) is 0 Å². The summed E-state index contributed by atoms with van der Waals surface area (Å²) in [5.41, 5.74) is 1.14. The highest BCUT2D eigenvalue weighted by Gasteiger charge is 2.11. The molecular formula is C18H31IN4O. The first-order valence-corrected chi connectivity index (χ1v) is 8.19. The minimum atomic E-state index is 0. The molecule has 0 aliphatic carbocycles. The summed E-state index contributed by atoms with van der Waals surface area (Å²) in [6.07, 6.45) is 0.445. The number of rotatable bonds is 7. The second-order valence-corrected chi connectivity index (χ2v) is 6.16. The minimum Gasteiger partial charge on any atom is -0.356 e. The van der Waals surface area contributed by atoms with Gasteiger partial charge in [-0.05, 0) is 18.4 Å². The summed E-state index contributed by atoms with van der Waals surface area (Å²) < 4.78 is 0. The summed E-state index contributed by atoms with van der Waals surface area (Å²) in [6.45, 7) is 7.65. The second kappa shape index (κ2) is 12.1. The molecule has 1 aromatic rings. The zero-order valence-corrected chi connectivity index (χ0v) is 17.7. The lowest BCUT2D eigenvalue weighted by Crippen LogP contribution is -2.45. The predicted octanol–water partition coefficient (Wildman–Crippen LogP) is 2.86. The van der Waals surface area contributed by atoms with Crippen LogP contribution in [0.25, 0.3) is 0 Å². The zero-order valence-electron chi connectivity index (χ0n) is 15.4. The number of amides is 1. The van der Waals surface area contributed by atoms with Gasteiger partial charge in [-0.3, -0.25) is 9.79 Å². The lowest BCUT2D eigenvalue weighted by molar-refractivity contribution is -0.130. The molecule has 0 aliphatic rings. The summed E-state index contributed by atoms with van der Waals surface area (Å²) >= 11 is 0. The number of carbonyl (C=O) groups excluding carboxylic acids is 1.